The van der Waals surface area contributed by atoms with Gasteiger partial charge in [0.2, 0.25) is 0 Å². The molecule has 76 valence electrons. The highest BCUT2D eigenvalue weighted by molar-refractivity contribution is 8.01. The zero-order valence-electron chi connectivity index (χ0n) is 9.05. The molecule has 2 unspecified atom stereocenters. The van der Waals surface area contributed by atoms with Crippen LogP contribution in [-0.4, -0.2) is 40.7 Å². The first-order valence-electron chi connectivity index (χ1n) is 5.06. The van der Waals surface area contributed by atoms with Crippen LogP contribution in [0.3, 0.4) is 0 Å². The zero-order chi connectivity index (χ0) is 9.69. The highest BCUT2D eigenvalue weighted by Gasteiger charge is 2.48. The van der Waals surface area contributed by atoms with Crippen LogP contribution in [0.25, 0.3) is 0 Å². The third kappa shape index (κ3) is 1.74. The van der Waals surface area contributed by atoms with Gasteiger partial charge < -0.3 is 4.90 Å². The van der Waals surface area contributed by atoms with Gasteiger partial charge in [0.15, 0.2) is 0 Å². The van der Waals surface area contributed by atoms with Gasteiger partial charge in [-0.05, 0) is 34.2 Å². The summed E-state index contributed by atoms with van der Waals surface area (Å²) in [6.07, 6.45) is 1.29. The number of nitrogens with one attached hydrogen (secondary N) is 1. The van der Waals surface area contributed by atoms with Gasteiger partial charge in [-0.15, -0.1) is 11.8 Å². The molecule has 0 aromatic rings. The van der Waals surface area contributed by atoms with Gasteiger partial charge in [-0.1, -0.05) is 0 Å². The summed E-state index contributed by atoms with van der Waals surface area (Å²) in [6.45, 7) is 8.13. The Labute approximate surface area is 85.4 Å². The minimum Gasteiger partial charge on any atom is -0.301 e. The van der Waals surface area contributed by atoms with E-state index in [1.54, 1.807) is 0 Å². The molecule has 1 spiro atoms. The van der Waals surface area contributed by atoms with E-state index in [0.29, 0.717) is 10.4 Å². The van der Waals surface area contributed by atoms with Crippen LogP contribution in [0.5, 0.6) is 0 Å². The van der Waals surface area contributed by atoms with E-state index in [0.717, 1.165) is 6.04 Å². The lowest BCUT2D eigenvalue weighted by atomic mass is 10.1. The fourth-order valence-electron chi connectivity index (χ4n) is 2.46. The highest BCUT2D eigenvalue weighted by atomic mass is 32.2. The molecular formula is C10H20N2S. The number of nitrogens with zero attached hydrogens (tertiary/aromatic N) is 1. The fraction of sp³-hybridized carbons (Fsp3) is 1.00. The second-order valence-corrected chi connectivity index (χ2v) is 6.62. The number of hydrogen-bond donors (Lipinski definition) is 1. The second-order valence-electron chi connectivity index (χ2n) is 5.26. The molecular weight excluding hydrogens is 180 g/mol. The van der Waals surface area contributed by atoms with Crippen LogP contribution in [0, 0.1) is 0 Å². The van der Waals surface area contributed by atoms with Gasteiger partial charge in [0.25, 0.3) is 0 Å². The number of hydrogen-bond acceptors (Lipinski definition) is 3. The molecule has 0 saturated carbocycles. The largest absolute Gasteiger partial charge is 0.301 e. The van der Waals surface area contributed by atoms with Gasteiger partial charge in [-0.3, -0.25) is 5.32 Å². The summed E-state index contributed by atoms with van der Waals surface area (Å²) in [4.78, 5) is 2.82. The lowest BCUT2D eigenvalue weighted by Gasteiger charge is -2.26. The third-order valence-corrected chi connectivity index (χ3v) is 4.97. The van der Waals surface area contributed by atoms with Crippen LogP contribution in [-0.2, 0) is 0 Å². The first kappa shape index (κ1) is 9.81. The summed E-state index contributed by atoms with van der Waals surface area (Å²) in [6, 6.07) is 0.730. The number of likely N-dealkylation sites (N-methyl/N-ethyl adjacent to an activating group) is 1. The van der Waals surface area contributed by atoms with E-state index in [1.165, 1.54) is 18.7 Å². The molecule has 2 nitrogen and oxygen atoms in total. The molecule has 1 N–H and O–H groups in total. The predicted octanol–water partition coefficient (Wildman–Crippen LogP) is 1.52. The van der Waals surface area contributed by atoms with E-state index in [-0.39, 0.29) is 0 Å². The lowest BCUT2D eigenvalue weighted by Crippen LogP contribution is -2.48. The van der Waals surface area contributed by atoms with Crippen LogP contribution in [0.4, 0.5) is 0 Å². The summed E-state index contributed by atoms with van der Waals surface area (Å²) in [5.41, 5.74) is 0.329. The van der Waals surface area contributed by atoms with Crippen molar-refractivity contribution >= 4 is 11.8 Å². The minimum atomic E-state index is 0.329. The van der Waals surface area contributed by atoms with Gasteiger partial charge in [-0.25, -0.2) is 0 Å². The van der Waals surface area contributed by atoms with E-state index in [1.807, 2.05) is 0 Å². The number of likely N-dealkylation sites (tertiary alicyclic amines) is 1. The Bertz CT molecular complexity index is 205. The highest BCUT2D eigenvalue weighted by Crippen LogP contribution is 2.43. The van der Waals surface area contributed by atoms with Crippen molar-refractivity contribution in [3.05, 3.63) is 0 Å². The number of rotatable bonds is 0. The average molecular weight is 200 g/mol. The maximum absolute atomic E-state index is 3.79. The molecule has 0 radical (unpaired) electrons. The Morgan fingerprint density at radius 3 is 2.54 bits per heavy atom. The molecule has 0 aromatic heterocycles. The van der Waals surface area contributed by atoms with Gasteiger partial charge >= 0.3 is 0 Å². The van der Waals surface area contributed by atoms with Crippen LogP contribution in [0.1, 0.15) is 27.2 Å². The average Bonchev–Trinajstić information content (AvgIpc) is 2.38. The molecule has 0 amide bonds. The Kier molecular flexibility index (Phi) is 2.17. The van der Waals surface area contributed by atoms with Crippen LogP contribution < -0.4 is 5.32 Å². The van der Waals surface area contributed by atoms with Crippen LogP contribution in [0.15, 0.2) is 0 Å². The minimum absolute atomic E-state index is 0.329. The van der Waals surface area contributed by atoms with Crippen molar-refractivity contribution in [2.45, 2.75) is 43.6 Å². The van der Waals surface area contributed by atoms with Crippen molar-refractivity contribution < 1.29 is 0 Å². The predicted molar refractivity (Wildman–Crippen MR) is 59.1 cm³/mol. The smallest absolute Gasteiger partial charge is 0.0793 e. The van der Waals surface area contributed by atoms with E-state index in [2.05, 4.69) is 49.8 Å². The Balaban J connectivity index is 2.09. The molecule has 0 aliphatic carbocycles. The molecule has 2 aliphatic heterocycles. The summed E-state index contributed by atoms with van der Waals surface area (Å²) >= 11 is 2.11. The van der Waals surface area contributed by atoms with Crippen molar-refractivity contribution in [2.75, 3.05) is 19.3 Å². The van der Waals surface area contributed by atoms with Crippen molar-refractivity contribution in [2.24, 2.45) is 0 Å². The molecule has 2 aliphatic rings. The topological polar surface area (TPSA) is 15.3 Å². The van der Waals surface area contributed by atoms with Crippen molar-refractivity contribution in [3.8, 4) is 0 Å². The molecule has 2 fully saturated rings. The fourth-order valence-corrected chi connectivity index (χ4v) is 4.17. The van der Waals surface area contributed by atoms with Crippen molar-refractivity contribution in [1.29, 1.82) is 0 Å². The SMILES string of the molecule is CC1CC2(CN1C)NC(C)(C)CS2. The van der Waals surface area contributed by atoms with Crippen LogP contribution in [0.2, 0.25) is 0 Å². The molecule has 3 heteroatoms. The van der Waals surface area contributed by atoms with Crippen molar-refractivity contribution in [3.63, 3.8) is 0 Å². The van der Waals surface area contributed by atoms with Gasteiger partial charge in [0, 0.05) is 23.9 Å². The first-order valence-corrected chi connectivity index (χ1v) is 6.05. The second kappa shape index (κ2) is 2.88. The van der Waals surface area contributed by atoms with E-state index in [9.17, 15) is 0 Å². The standard InChI is InChI=1S/C10H20N2S/c1-8-5-10(6-12(8)4)11-9(2,3)7-13-10/h8,11H,5-7H2,1-4H3. The lowest BCUT2D eigenvalue weighted by molar-refractivity contribution is 0.316. The third-order valence-electron chi connectivity index (χ3n) is 3.16. The zero-order valence-corrected chi connectivity index (χ0v) is 9.87. The quantitative estimate of drug-likeness (QED) is 0.638. The molecule has 2 heterocycles. The molecule has 2 rings (SSSR count). The Hall–Kier alpha value is 0.270. The monoisotopic (exact) mass is 200 g/mol. The van der Waals surface area contributed by atoms with Crippen LogP contribution >= 0.6 is 11.8 Å². The maximum Gasteiger partial charge on any atom is 0.0793 e. The van der Waals surface area contributed by atoms with E-state index < -0.39 is 0 Å². The van der Waals surface area contributed by atoms with Gasteiger partial charge in [0.1, 0.15) is 0 Å². The Morgan fingerprint density at radius 2 is 2.15 bits per heavy atom. The summed E-state index contributed by atoms with van der Waals surface area (Å²) in [5.74, 6) is 1.24. The molecule has 0 bridgehead atoms. The van der Waals surface area contributed by atoms with E-state index in [4.69, 9.17) is 0 Å². The molecule has 13 heavy (non-hydrogen) atoms. The first-order chi connectivity index (χ1) is 5.93. The molecule has 2 atom stereocenters. The molecule has 2 saturated heterocycles. The summed E-state index contributed by atoms with van der Waals surface area (Å²) in [5, 5.41) is 3.79. The van der Waals surface area contributed by atoms with Crippen molar-refractivity contribution in [1.82, 2.24) is 10.2 Å². The number of thioether (sulfide) groups is 1. The van der Waals surface area contributed by atoms with Gasteiger partial charge in [-0.2, -0.15) is 0 Å². The molecule has 0 aromatic carbocycles. The summed E-state index contributed by atoms with van der Waals surface area (Å²) in [7, 11) is 2.23. The maximum atomic E-state index is 3.79. The van der Waals surface area contributed by atoms with Gasteiger partial charge in [0.05, 0.1) is 4.87 Å². The summed E-state index contributed by atoms with van der Waals surface area (Å²) < 4.78 is 0. The van der Waals surface area contributed by atoms with E-state index >= 15 is 0 Å². The Morgan fingerprint density at radius 1 is 1.46 bits per heavy atom. The normalized spacial score (nSPS) is 44.8.